The summed E-state index contributed by atoms with van der Waals surface area (Å²) in [7, 11) is 2.09. The average molecular weight is 237 g/mol. The molecule has 0 saturated heterocycles. The molecule has 0 bridgehead atoms. The van der Waals surface area contributed by atoms with Crippen molar-refractivity contribution in [3.63, 3.8) is 0 Å². The monoisotopic (exact) mass is 236 g/mol. The molecule has 3 heteroatoms. The van der Waals surface area contributed by atoms with E-state index in [9.17, 15) is 0 Å². The van der Waals surface area contributed by atoms with Gasteiger partial charge in [0, 0.05) is 11.6 Å². The minimum absolute atomic E-state index is 0.616. The summed E-state index contributed by atoms with van der Waals surface area (Å²) in [6.45, 7) is 4.10. The molecule has 1 aromatic carbocycles. The van der Waals surface area contributed by atoms with Crippen LogP contribution in [0.5, 0.6) is 0 Å². The number of halogens is 1. The first-order valence-corrected chi connectivity index (χ1v) is 5.92. The van der Waals surface area contributed by atoms with Gasteiger partial charge in [-0.25, -0.2) is 0 Å². The number of hydrogen-bond donors (Lipinski definition) is 0. The van der Waals surface area contributed by atoms with E-state index in [4.69, 9.17) is 16.9 Å². The molecule has 0 spiro atoms. The number of rotatable bonds is 5. The van der Waals surface area contributed by atoms with Crippen LogP contribution in [0, 0.1) is 11.3 Å². The summed E-state index contributed by atoms with van der Waals surface area (Å²) < 4.78 is 0. The van der Waals surface area contributed by atoms with Crippen LogP contribution < -0.4 is 0 Å². The van der Waals surface area contributed by atoms with Gasteiger partial charge in [0.05, 0.1) is 11.6 Å². The van der Waals surface area contributed by atoms with Crippen molar-refractivity contribution in [1.29, 1.82) is 5.26 Å². The Balaban J connectivity index is 2.64. The van der Waals surface area contributed by atoms with E-state index in [0.717, 1.165) is 18.7 Å². The molecule has 1 aromatic rings. The molecule has 0 aliphatic heterocycles. The van der Waals surface area contributed by atoms with Crippen LogP contribution in [0.25, 0.3) is 0 Å². The van der Waals surface area contributed by atoms with Crippen molar-refractivity contribution in [2.75, 3.05) is 13.6 Å². The van der Waals surface area contributed by atoms with Crippen molar-refractivity contribution >= 4 is 11.6 Å². The number of unbranched alkanes of at least 4 members (excludes halogenated alkanes) is 1. The van der Waals surface area contributed by atoms with Gasteiger partial charge >= 0.3 is 0 Å². The molecule has 0 amide bonds. The zero-order chi connectivity index (χ0) is 12.0. The van der Waals surface area contributed by atoms with E-state index in [1.165, 1.54) is 12.8 Å². The maximum atomic E-state index is 8.73. The van der Waals surface area contributed by atoms with Gasteiger partial charge in [0.2, 0.25) is 0 Å². The third-order valence-corrected chi connectivity index (χ3v) is 2.87. The molecule has 0 aliphatic rings. The Morgan fingerprint density at radius 2 is 2.19 bits per heavy atom. The van der Waals surface area contributed by atoms with Crippen LogP contribution in [0.1, 0.15) is 30.9 Å². The van der Waals surface area contributed by atoms with Gasteiger partial charge in [0.25, 0.3) is 0 Å². The zero-order valence-corrected chi connectivity index (χ0v) is 10.6. The van der Waals surface area contributed by atoms with E-state index < -0.39 is 0 Å². The van der Waals surface area contributed by atoms with Crippen LogP contribution in [0.3, 0.4) is 0 Å². The maximum absolute atomic E-state index is 8.73. The predicted molar refractivity (Wildman–Crippen MR) is 67.4 cm³/mol. The van der Waals surface area contributed by atoms with E-state index in [2.05, 4.69) is 24.9 Å². The molecular weight excluding hydrogens is 220 g/mol. The molecule has 86 valence electrons. The second kappa shape index (κ2) is 6.52. The van der Waals surface area contributed by atoms with Gasteiger partial charge in [0.15, 0.2) is 0 Å². The van der Waals surface area contributed by atoms with Crippen molar-refractivity contribution in [2.24, 2.45) is 0 Å². The smallest absolute Gasteiger partial charge is 0.0992 e. The molecule has 0 aromatic heterocycles. The Hall–Kier alpha value is -1.04. The van der Waals surface area contributed by atoms with Crippen molar-refractivity contribution in [1.82, 2.24) is 4.90 Å². The topological polar surface area (TPSA) is 27.0 Å². The lowest BCUT2D eigenvalue weighted by atomic mass is 10.1. The van der Waals surface area contributed by atoms with Gasteiger partial charge in [-0.05, 0) is 37.7 Å². The second-order valence-electron chi connectivity index (χ2n) is 4.01. The highest BCUT2D eigenvalue weighted by molar-refractivity contribution is 6.31. The third-order valence-electron chi connectivity index (χ3n) is 2.52. The summed E-state index contributed by atoms with van der Waals surface area (Å²) in [6, 6.07) is 7.56. The summed E-state index contributed by atoms with van der Waals surface area (Å²) in [5.74, 6) is 0. The molecule has 0 aliphatic carbocycles. The van der Waals surface area contributed by atoms with Crippen molar-refractivity contribution in [2.45, 2.75) is 26.3 Å². The third kappa shape index (κ3) is 3.84. The summed E-state index contributed by atoms with van der Waals surface area (Å²) in [5, 5.41) is 9.41. The SMILES string of the molecule is CCCCN(C)Cc1ccc(C#N)cc1Cl. The van der Waals surface area contributed by atoms with E-state index in [0.29, 0.717) is 10.6 Å². The standard InChI is InChI=1S/C13H17ClN2/c1-3-4-7-16(2)10-12-6-5-11(9-15)8-13(12)14/h5-6,8H,3-4,7,10H2,1-2H3. The fourth-order valence-electron chi connectivity index (χ4n) is 1.54. The normalized spacial score (nSPS) is 10.4. The van der Waals surface area contributed by atoms with Gasteiger partial charge in [-0.2, -0.15) is 5.26 Å². The molecule has 2 nitrogen and oxygen atoms in total. The van der Waals surface area contributed by atoms with E-state index in [1.807, 2.05) is 12.1 Å². The first kappa shape index (κ1) is 13.0. The number of hydrogen-bond acceptors (Lipinski definition) is 2. The van der Waals surface area contributed by atoms with Gasteiger partial charge in [-0.3, -0.25) is 0 Å². The first-order chi connectivity index (χ1) is 7.67. The number of benzene rings is 1. The van der Waals surface area contributed by atoms with Crippen LogP contribution in [0.15, 0.2) is 18.2 Å². The molecule has 1 rings (SSSR count). The molecule has 0 radical (unpaired) electrons. The van der Waals surface area contributed by atoms with E-state index in [-0.39, 0.29) is 0 Å². The Labute approximate surface area is 102 Å². The lowest BCUT2D eigenvalue weighted by Crippen LogP contribution is -2.19. The Kier molecular flexibility index (Phi) is 5.31. The molecule has 0 unspecified atom stereocenters. The lowest BCUT2D eigenvalue weighted by Gasteiger charge is -2.16. The Bertz CT molecular complexity index is 382. The maximum Gasteiger partial charge on any atom is 0.0992 e. The lowest BCUT2D eigenvalue weighted by molar-refractivity contribution is 0.321. The second-order valence-corrected chi connectivity index (χ2v) is 4.42. The average Bonchev–Trinajstić information content (AvgIpc) is 2.29. The summed E-state index contributed by atoms with van der Waals surface area (Å²) >= 11 is 6.11. The summed E-state index contributed by atoms with van der Waals surface area (Å²) in [4.78, 5) is 2.25. The minimum atomic E-state index is 0.616. The van der Waals surface area contributed by atoms with Gasteiger partial charge in [0.1, 0.15) is 0 Å². The largest absolute Gasteiger partial charge is 0.302 e. The quantitative estimate of drug-likeness (QED) is 0.783. The predicted octanol–water partition coefficient (Wildman–Crippen LogP) is 3.44. The number of nitriles is 1. The molecule has 0 heterocycles. The Morgan fingerprint density at radius 3 is 2.75 bits per heavy atom. The highest BCUT2D eigenvalue weighted by Crippen LogP contribution is 2.19. The van der Waals surface area contributed by atoms with Crippen LogP contribution in [-0.4, -0.2) is 18.5 Å². The highest BCUT2D eigenvalue weighted by Gasteiger charge is 2.05. The minimum Gasteiger partial charge on any atom is -0.302 e. The first-order valence-electron chi connectivity index (χ1n) is 5.54. The molecule has 0 N–H and O–H groups in total. The van der Waals surface area contributed by atoms with Gasteiger partial charge in [-0.1, -0.05) is 31.0 Å². The summed E-state index contributed by atoms with van der Waals surface area (Å²) in [5.41, 5.74) is 1.70. The highest BCUT2D eigenvalue weighted by atomic mass is 35.5. The van der Waals surface area contributed by atoms with E-state index >= 15 is 0 Å². The van der Waals surface area contributed by atoms with Crippen molar-refractivity contribution < 1.29 is 0 Å². The fourth-order valence-corrected chi connectivity index (χ4v) is 1.78. The number of nitrogens with zero attached hydrogens (tertiary/aromatic N) is 2. The molecule has 0 atom stereocenters. The van der Waals surface area contributed by atoms with Gasteiger partial charge in [-0.15, -0.1) is 0 Å². The molecular formula is C13H17ClN2. The molecule has 0 saturated carbocycles. The summed E-state index contributed by atoms with van der Waals surface area (Å²) in [6.07, 6.45) is 2.40. The Morgan fingerprint density at radius 1 is 1.44 bits per heavy atom. The van der Waals surface area contributed by atoms with Gasteiger partial charge < -0.3 is 4.90 Å². The van der Waals surface area contributed by atoms with Crippen LogP contribution >= 0.6 is 11.6 Å². The molecule has 0 fully saturated rings. The van der Waals surface area contributed by atoms with Crippen LogP contribution in [0.4, 0.5) is 0 Å². The zero-order valence-electron chi connectivity index (χ0n) is 9.83. The van der Waals surface area contributed by atoms with Crippen LogP contribution in [0.2, 0.25) is 5.02 Å². The van der Waals surface area contributed by atoms with Crippen LogP contribution in [-0.2, 0) is 6.54 Å². The van der Waals surface area contributed by atoms with Crippen molar-refractivity contribution in [3.05, 3.63) is 34.3 Å². The van der Waals surface area contributed by atoms with Crippen molar-refractivity contribution in [3.8, 4) is 6.07 Å². The molecule has 16 heavy (non-hydrogen) atoms. The van der Waals surface area contributed by atoms with E-state index in [1.54, 1.807) is 6.07 Å². The fraction of sp³-hybridized carbons (Fsp3) is 0.462.